The minimum absolute atomic E-state index is 0.720. The standard InChI is InChI=1S/C21H19N/c1-4-10-18(11-5-1)16-21(20-14-8-3-9-15-20)22-17-19-12-6-2-7-13-19/h1-15H,16-17H2. The Bertz CT molecular complexity index is 716. The third-order valence-corrected chi connectivity index (χ3v) is 3.62. The highest BCUT2D eigenvalue weighted by molar-refractivity contribution is 6.01. The Kier molecular flexibility index (Phi) is 4.78. The predicted molar refractivity (Wildman–Crippen MR) is 93.3 cm³/mol. The van der Waals surface area contributed by atoms with Crippen molar-refractivity contribution in [2.24, 2.45) is 4.99 Å². The van der Waals surface area contributed by atoms with Gasteiger partial charge in [0.2, 0.25) is 0 Å². The van der Waals surface area contributed by atoms with Crippen molar-refractivity contribution >= 4 is 5.71 Å². The van der Waals surface area contributed by atoms with Crippen LogP contribution in [0, 0.1) is 0 Å². The average Bonchev–Trinajstić information content (AvgIpc) is 2.61. The SMILES string of the molecule is c1ccc(CN=C(Cc2ccccc2)c2ccccc2)cc1. The molecule has 0 aromatic heterocycles. The normalized spacial score (nSPS) is 11.4. The van der Waals surface area contributed by atoms with Crippen LogP contribution in [0.2, 0.25) is 0 Å². The zero-order chi connectivity index (χ0) is 15.0. The lowest BCUT2D eigenvalue weighted by Gasteiger charge is -2.08. The zero-order valence-corrected chi connectivity index (χ0v) is 12.5. The van der Waals surface area contributed by atoms with Crippen molar-refractivity contribution in [2.75, 3.05) is 0 Å². The molecular weight excluding hydrogens is 266 g/mol. The van der Waals surface area contributed by atoms with Gasteiger partial charge in [0.25, 0.3) is 0 Å². The highest BCUT2D eigenvalue weighted by Gasteiger charge is 2.04. The summed E-state index contributed by atoms with van der Waals surface area (Å²) in [7, 11) is 0. The maximum absolute atomic E-state index is 4.88. The van der Waals surface area contributed by atoms with Gasteiger partial charge in [-0.25, -0.2) is 0 Å². The van der Waals surface area contributed by atoms with E-state index in [0.29, 0.717) is 0 Å². The summed E-state index contributed by atoms with van der Waals surface area (Å²) < 4.78 is 0. The topological polar surface area (TPSA) is 12.4 Å². The molecule has 0 fully saturated rings. The van der Waals surface area contributed by atoms with E-state index < -0.39 is 0 Å². The van der Waals surface area contributed by atoms with Gasteiger partial charge >= 0.3 is 0 Å². The molecule has 0 N–H and O–H groups in total. The summed E-state index contributed by atoms with van der Waals surface area (Å²) in [6, 6.07) is 31.4. The van der Waals surface area contributed by atoms with Gasteiger partial charge in [-0.1, -0.05) is 91.0 Å². The average molecular weight is 285 g/mol. The number of rotatable bonds is 5. The number of hydrogen-bond donors (Lipinski definition) is 0. The van der Waals surface area contributed by atoms with Crippen LogP contribution in [0.4, 0.5) is 0 Å². The van der Waals surface area contributed by atoms with E-state index in [2.05, 4.69) is 72.8 Å². The van der Waals surface area contributed by atoms with E-state index >= 15 is 0 Å². The van der Waals surface area contributed by atoms with Crippen LogP contribution in [-0.4, -0.2) is 5.71 Å². The summed E-state index contributed by atoms with van der Waals surface area (Å²) in [5.41, 5.74) is 4.86. The third-order valence-electron chi connectivity index (χ3n) is 3.62. The van der Waals surface area contributed by atoms with Crippen molar-refractivity contribution in [1.29, 1.82) is 0 Å². The van der Waals surface area contributed by atoms with Crippen molar-refractivity contribution in [3.8, 4) is 0 Å². The second-order valence-electron chi connectivity index (χ2n) is 5.28. The molecule has 0 spiro atoms. The zero-order valence-electron chi connectivity index (χ0n) is 12.5. The fourth-order valence-electron chi connectivity index (χ4n) is 2.44. The Balaban J connectivity index is 1.86. The Morgan fingerprint density at radius 2 is 1.09 bits per heavy atom. The van der Waals surface area contributed by atoms with Crippen LogP contribution in [-0.2, 0) is 13.0 Å². The Labute approximate surface area is 132 Å². The molecular formula is C21H19N. The summed E-state index contributed by atoms with van der Waals surface area (Å²) in [5, 5.41) is 0. The summed E-state index contributed by atoms with van der Waals surface area (Å²) in [4.78, 5) is 4.88. The quantitative estimate of drug-likeness (QED) is 0.590. The fraction of sp³-hybridized carbons (Fsp3) is 0.0952. The maximum Gasteiger partial charge on any atom is 0.0643 e. The van der Waals surface area contributed by atoms with Crippen LogP contribution in [0.15, 0.2) is 96.0 Å². The molecule has 0 saturated carbocycles. The van der Waals surface area contributed by atoms with Crippen molar-refractivity contribution < 1.29 is 0 Å². The molecule has 22 heavy (non-hydrogen) atoms. The lowest BCUT2D eigenvalue weighted by Crippen LogP contribution is -2.06. The molecule has 0 aliphatic rings. The maximum atomic E-state index is 4.88. The van der Waals surface area contributed by atoms with Crippen molar-refractivity contribution in [2.45, 2.75) is 13.0 Å². The van der Waals surface area contributed by atoms with Gasteiger partial charge in [-0.05, 0) is 16.7 Å². The van der Waals surface area contributed by atoms with E-state index in [1.54, 1.807) is 0 Å². The van der Waals surface area contributed by atoms with Gasteiger partial charge in [0, 0.05) is 12.1 Å². The molecule has 1 nitrogen and oxygen atoms in total. The van der Waals surface area contributed by atoms with E-state index in [-0.39, 0.29) is 0 Å². The van der Waals surface area contributed by atoms with Crippen LogP contribution >= 0.6 is 0 Å². The van der Waals surface area contributed by atoms with Crippen LogP contribution in [0.25, 0.3) is 0 Å². The second kappa shape index (κ2) is 7.37. The summed E-state index contributed by atoms with van der Waals surface area (Å²) >= 11 is 0. The molecule has 3 aromatic rings. The first kappa shape index (κ1) is 14.3. The molecule has 0 saturated heterocycles. The number of nitrogens with zero attached hydrogens (tertiary/aromatic N) is 1. The summed E-state index contributed by atoms with van der Waals surface area (Å²) in [6.07, 6.45) is 0.859. The van der Waals surface area contributed by atoms with Gasteiger partial charge in [-0.3, -0.25) is 4.99 Å². The molecule has 0 unspecified atom stereocenters. The first-order valence-electron chi connectivity index (χ1n) is 7.58. The molecule has 3 rings (SSSR count). The number of aliphatic imine (C=N–C) groups is 1. The largest absolute Gasteiger partial charge is 0.284 e. The lowest BCUT2D eigenvalue weighted by molar-refractivity contribution is 1.05. The van der Waals surface area contributed by atoms with Crippen molar-refractivity contribution in [1.82, 2.24) is 0 Å². The number of hydrogen-bond acceptors (Lipinski definition) is 1. The van der Waals surface area contributed by atoms with E-state index in [0.717, 1.165) is 18.7 Å². The summed E-state index contributed by atoms with van der Waals surface area (Å²) in [5.74, 6) is 0. The van der Waals surface area contributed by atoms with Crippen LogP contribution in [0.3, 0.4) is 0 Å². The van der Waals surface area contributed by atoms with Crippen molar-refractivity contribution in [3.05, 3.63) is 108 Å². The Morgan fingerprint density at radius 3 is 1.68 bits per heavy atom. The van der Waals surface area contributed by atoms with E-state index in [1.807, 2.05) is 18.2 Å². The summed E-state index contributed by atoms with van der Waals surface area (Å²) in [6.45, 7) is 0.720. The van der Waals surface area contributed by atoms with E-state index in [9.17, 15) is 0 Å². The second-order valence-corrected chi connectivity index (χ2v) is 5.28. The molecule has 0 heterocycles. The van der Waals surface area contributed by atoms with Crippen LogP contribution in [0.5, 0.6) is 0 Å². The minimum atomic E-state index is 0.720. The molecule has 0 amide bonds. The highest BCUT2D eigenvalue weighted by Crippen LogP contribution is 2.10. The first-order valence-corrected chi connectivity index (χ1v) is 7.58. The molecule has 0 atom stereocenters. The Hall–Kier alpha value is -2.67. The lowest BCUT2D eigenvalue weighted by atomic mass is 10.0. The van der Waals surface area contributed by atoms with Gasteiger partial charge in [0.15, 0.2) is 0 Å². The Morgan fingerprint density at radius 1 is 0.591 bits per heavy atom. The fourth-order valence-corrected chi connectivity index (χ4v) is 2.44. The first-order chi connectivity index (χ1) is 10.9. The van der Waals surface area contributed by atoms with Crippen LogP contribution < -0.4 is 0 Å². The van der Waals surface area contributed by atoms with Crippen LogP contribution in [0.1, 0.15) is 16.7 Å². The van der Waals surface area contributed by atoms with Gasteiger partial charge in [-0.2, -0.15) is 0 Å². The predicted octanol–water partition coefficient (Wildman–Crippen LogP) is 4.92. The molecule has 0 radical (unpaired) electrons. The minimum Gasteiger partial charge on any atom is -0.284 e. The van der Waals surface area contributed by atoms with E-state index in [1.165, 1.54) is 16.7 Å². The molecule has 108 valence electrons. The van der Waals surface area contributed by atoms with Gasteiger partial charge < -0.3 is 0 Å². The third kappa shape index (κ3) is 3.92. The van der Waals surface area contributed by atoms with Gasteiger partial charge in [-0.15, -0.1) is 0 Å². The molecule has 0 aliphatic heterocycles. The molecule has 0 bridgehead atoms. The highest BCUT2D eigenvalue weighted by atomic mass is 14.7. The van der Waals surface area contributed by atoms with Gasteiger partial charge in [0.05, 0.1) is 6.54 Å². The van der Waals surface area contributed by atoms with Crippen molar-refractivity contribution in [3.63, 3.8) is 0 Å². The van der Waals surface area contributed by atoms with E-state index in [4.69, 9.17) is 4.99 Å². The molecule has 0 aliphatic carbocycles. The number of benzene rings is 3. The monoisotopic (exact) mass is 285 g/mol. The smallest absolute Gasteiger partial charge is 0.0643 e. The van der Waals surface area contributed by atoms with Gasteiger partial charge in [0.1, 0.15) is 0 Å². The molecule has 1 heteroatoms. The molecule has 3 aromatic carbocycles.